The normalized spacial score (nSPS) is 18.9. The van der Waals surface area contributed by atoms with Crippen molar-refractivity contribution in [3.05, 3.63) is 66.0 Å². The maximum absolute atomic E-state index is 13.2. The molecule has 2 amide bonds. The molecule has 30 heavy (non-hydrogen) atoms. The zero-order chi connectivity index (χ0) is 20.9. The standard InChI is InChI=1S/C24H28FN3O2/c25-20-10-12-21(13-11-20)26-23(29)22(18-6-4-5-7-18)27-14-16-28(17-15-27)24(30)19-8-2-1-3-9-19/h1-3,8-13,18,22H,4-7,14-17H2,(H,26,29)/t22-/m0/s1. The van der Waals surface area contributed by atoms with Crippen LogP contribution >= 0.6 is 0 Å². The Kier molecular flexibility index (Phi) is 6.43. The van der Waals surface area contributed by atoms with E-state index in [9.17, 15) is 14.0 Å². The van der Waals surface area contributed by atoms with Crippen LogP contribution in [-0.4, -0.2) is 53.8 Å². The summed E-state index contributed by atoms with van der Waals surface area (Å²) >= 11 is 0. The van der Waals surface area contributed by atoms with Gasteiger partial charge in [0.1, 0.15) is 5.82 Å². The van der Waals surface area contributed by atoms with Gasteiger partial charge in [-0.05, 0) is 55.2 Å². The minimum Gasteiger partial charge on any atom is -0.336 e. The number of halogens is 1. The van der Waals surface area contributed by atoms with Crippen LogP contribution in [0.25, 0.3) is 0 Å². The van der Waals surface area contributed by atoms with E-state index < -0.39 is 0 Å². The number of hydrogen-bond donors (Lipinski definition) is 1. The summed E-state index contributed by atoms with van der Waals surface area (Å²) in [6.45, 7) is 2.58. The summed E-state index contributed by atoms with van der Waals surface area (Å²) in [5, 5.41) is 2.98. The average Bonchev–Trinajstić information content (AvgIpc) is 3.30. The van der Waals surface area contributed by atoms with E-state index in [0.29, 0.717) is 43.3 Å². The summed E-state index contributed by atoms with van der Waals surface area (Å²) < 4.78 is 13.2. The van der Waals surface area contributed by atoms with E-state index in [4.69, 9.17) is 0 Å². The predicted octanol–water partition coefficient (Wildman–Crippen LogP) is 3.78. The van der Waals surface area contributed by atoms with E-state index in [1.165, 1.54) is 12.1 Å². The van der Waals surface area contributed by atoms with E-state index in [0.717, 1.165) is 25.7 Å². The zero-order valence-corrected chi connectivity index (χ0v) is 17.1. The Morgan fingerprint density at radius 2 is 1.53 bits per heavy atom. The topological polar surface area (TPSA) is 52.7 Å². The van der Waals surface area contributed by atoms with Gasteiger partial charge in [0.05, 0.1) is 6.04 Å². The average molecular weight is 410 g/mol. The second kappa shape index (κ2) is 9.39. The van der Waals surface area contributed by atoms with Crippen LogP contribution in [0.15, 0.2) is 54.6 Å². The van der Waals surface area contributed by atoms with E-state index in [1.807, 2.05) is 35.2 Å². The molecule has 1 aliphatic heterocycles. The lowest BCUT2D eigenvalue weighted by Gasteiger charge is -2.40. The van der Waals surface area contributed by atoms with Crippen molar-refractivity contribution in [2.45, 2.75) is 31.7 Å². The number of hydrogen-bond acceptors (Lipinski definition) is 3. The molecule has 158 valence electrons. The highest BCUT2D eigenvalue weighted by Crippen LogP contribution is 2.31. The third-order valence-electron chi connectivity index (χ3n) is 6.24. The summed E-state index contributed by atoms with van der Waals surface area (Å²) in [6, 6.07) is 15.0. The monoisotopic (exact) mass is 409 g/mol. The number of rotatable bonds is 5. The number of nitrogens with one attached hydrogen (secondary N) is 1. The Morgan fingerprint density at radius 3 is 2.17 bits per heavy atom. The molecule has 4 rings (SSSR count). The molecule has 2 aromatic carbocycles. The number of nitrogens with zero attached hydrogens (tertiary/aromatic N) is 2. The van der Waals surface area contributed by atoms with E-state index in [-0.39, 0.29) is 23.7 Å². The van der Waals surface area contributed by atoms with Crippen molar-refractivity contribution in [1.82, 2.24) is 9.80 Å². The van der Waals surface area contributed by atoms with Gasteiger partial charge >= 0.3 is 0 Å². The fourth-order valence-electron chi connectivity index (χ4n) is 4.67. The van der Waals surface area contributed by atoms with Crippen LogP contribution < -0.4 is 5.32 Å². The van der Waals surface area contributed by atoms with Gasteiger partial charge in [0, 0.05) is 37.4 Å². The molecule has 6 heteroatoms. The van der Waals surface area contributed by atoms with Crippen molar-refractivity contribution in [3.63, 3.8) is 0 Å². The molecule has 0 radical (unpaired) electrons. The molecule has 1 heterocycles. The van der Waals surface area contributed by atoms with Gasteiger partial charge in [0.25, 0.3) is 5.91 Å². The highest BCUT2D eigenvalue weighted by molar-refractivity contribution is 5.95. The van der Waals surface area contributed by atoms with Gasteiger partial charge in [-0.2, -0.15) is 0 Å². The van der Waals surface area contributed by atoms with Gasteiger partial charge < -0.3 is 10.2 Å². The van der Waals surface area contributed by atoms with Gasteiger partial charge in [-0.1, -0.05) is 31.0 Å². The SMILES string of the molecule is O=C(Nc1ccc(F)cc1)[C@H](C1CCCC1)N1CCN(C(=O)c2ccccc2)CC1. The van der Waals surface area contributed by atoms with Crippen molar-refractivity contribution < 1.29 is 14.0 Å². The number of piperazine rings is 1. The molecule has 1 N–H and O–H groups in total. The van der Waals surface area contributed by atoms with Crippen LogP contribution in [0.3, 0.4) is 0 Å². The maximum atomic E-state index is 13.2. The second-order valence-electron chi connectivity index (χ2n) is 8.18. The van der Waals surface area contributed by atoms with E-state index >= 15 is 0 Å². The Bertz CT molecular complexity index is 858. The Balaban J connectivity index is 1.42. The molecular formula is C24H28FN3O2. The van der Waals surface area contributed by atoms with E-state index in [2.05, 4.69) is 10.2 Å². The fraction of sp³-hybridized carbons (Fsp3) is 0.417. The number of carbonyl (C=O) groups is 2. The Morgan fingerprint density at radius 1 is 0.900 bits per heavy atom. The maximum Gasteiger partial charge on any atom is 0.253 e. The van der Waals surface area contributed by atoms with Gasteiger partial charge in [-0.3, -0.25) is 14.5 Å². The highest BCUT2D eigenvalue weighted by atomic mass is 19.1. The molecule has 1 saturated heterocycles. The van der Waals surface area contributed by atoms with Crippen molar-refractivity contribution in [1.29, 1.82) is 0 Å². The second-order valence-corrected chi connectivity index (χ2v) is 8.18. The quantitative estimate of drug-likeness (QED) is 0.818. The smallest absolute Gasteiger partial charge is 0.253 e. The summed E-state index contributed by atoms with van der Waals surface area (Å²) in [5.41, 5.74) is 1.31. The number of carbonyl (C=O) groups excluding carboxylic acids is 2. The van der Waals surface area contributed by atoms with Crippen LogP contribution in [0, 0.1) is 11.7 Å². The molecule has 1 atom stereocenters. The number of benzene rings is 2. The highest BCUT2D eigenvalue weighted by Gasteiger charge is 2.37. The third kappa shape index (κ3) is 4.70. The van der Waals surface area contributed by atoms with Crippen molar-refractivity contribution in [2.75, 3.05) is 31.5 Å². The summed E-state index contributed by atoms with van der Waals surface area (Å²) in [4.78, 5) is 30.0. The molecular weight excluding hydrogens is 381 g/mol. The first-order chi connectivity index (χ1) is 14.6. The molecule has 0 bridgehead atoms. The molecule has 0 spiro atoms. The zero-order valence-electron chi connectivity index (χ0n) is 17.1. The predicted molar refractivity (Wildman–Crippen MR) is 115 cm³/mol. The van der Waals surface area contributed by atoms with Gasteiger partial charge in [0.15, 0.2) is 0 Å². The summed E-state index contributed by atoms with van der Waals surface area (Å²) in [7, 11) is 0. The first-order valence-electron chi connectivity index (χ1n) is 10.8. The molecule has 5 nitrogen and oxygen atoms in total. The molecule has 2 aromatic rings. The Labute approximate surface area is 176 Å². The summed E-state index contributed by atoms with van der Waals surface area (Å²) in [5.74, 6) is 0.0149. The lowest BCUT2D eigenvalue weighted by atomic mass is 9.94. The first kappa shape index (κ1) is 20.5. The van der Waals surface area contributed by atoms with Gasteiger partial charge in [-0.25, -0.2) is 4.39 Å². The third-order valence-corrected chi connectivity index (χ3v) is 6.24. The van der Waals surface area contributed by atoms with Gasteiger partial charge in [-0.15, -0.1) is 0 Å². The molecule has 2 aliphatic rings. The molecule has 1 aliphatic carbocycles. The lowest BCUT2D eigenvalue weighted by molar-refractivity contribution is -0.123. The molecule has 2 fully saturated rings. The van der Waals surface area contributed by atoms with Crippen LogP contribution in [0.4, 0.5) is 10.1 Å². The minimum atomic E-state index is -0.320. The van der Waals surface area contributed by atoms with Crippen LogP contribution in [0.5, 0.6) is 0 Å². The fourth-order valence-corrected chi connectivity index (χ4v) is 4.67. The Hall–Kier alpha value is -2.73. The summed E-state index contributed by atoms with van der Waals surface area (Å²) in [6.07, 6.45) is 4.39. The van der Waals surface area contributed by atoms with Crippen molar-refractivity contribution in [2.24, 2.45) is 5.92 Å². The van der Waals surface area contributed by atoms with Crippen LogP contribution in [0.2, 0.25) is 0 Å². The largest absolute Gasteiger partial charge is 0.336 e. The number of amides is 2. The van der Waals surface area contributed by atoms with Crippen molar-refractivity contribution >= 4 is 17.5 Å². The first-order valence-corrected chi connectivity index (χ1v) is 10.8. The number of anilines is 1. The molecule has 0 unspecified atom stereocenters. The molecule has 0 aromatic heterocycles. The minimum absolute atomic E-state index is 0.0312. The lowest BCUT2D eigenvalue weighted by Crippen LogP contribution is -2.56. The van der Waals surface area contributed by atoms with E-state index in [1.54, 1.807) is 12.1 Å². The molecule has 1 saturated carbocycles. The van der Waals surface area contributed by atoms with Crippen LogP contribution in [-0.2, 0) is 4.79 Å². The van der Waals surface area contributed by atoms with Gasteiger partial charge in [0.2, 0.25) is 5.91 Å². The van der Waals surface area contributed by atoms with Crippen molar-refractivity contribution in [3.8, 4) is 0 Å². The van der Waals surface area contributed by atoms with Crippen LogP contribution in [0.1, 0.15) is 36.0 Å².